The third-order valence-corrected chi connectivity index (χ3v) is 6.77. The molecule has 202 valence electrons. The van der Waals surface area contributed by atoms with Crippen molar-refractivity contribution in [3.63, 3.8) is 0 Å². The average molecular weight is 532 g/mol. The molecule has 10 nitrogen and oxygen atoms in total. The molecule has 0 spiro atoms. The van der Waals surface area contributed by atoms with Gasteiger partial charge in [-0.1, -0.05) is 38.1 Å². The first-order chi connectivity index (χ1) is 18.6. The van der Waals surface area contributed by atoms with E-state index in [0.717, 1.165) is 16.9 Å². The molecule has 0 bridgehead atoms. The summed E-state index contributed by atoms with van der Waals surface area (Å²) in [4.78, 5) is 45.7. The lowest BCUT2D eigenvalue weighted by molar-refractivity contribution is -0.135. The molecular weight excluding hydrogens is 502 g/mol. The molecule has 39 heavy (non-hydrogen) atoms. The number of carbonyl (C=O) groups is 4. The monoisotopic (exact) mass is 531 g/mol. The summed E-state index contributed by atoms with van der Waals surface area (Å²) in [5, 5.41) is 11.2. The first kappa shape index (κ1) is 27.3. The van der Waals surface area contributed by atoms with Gasteiger partial charge in [0.15, 0.2) is 0 Å². The van der Waals surface area contributed by atoms with Crippen LogP contribution in [-0.2, 0) is 15.0 Å². The molecule has 0 radical (unpaired) electrons. The number of carbonyl (C=O) groups excluding carboxylic acids is 3. The van der Waals surface area contributed by atoms with Crippen molar-refractivity contribution < 1.29 is 33.8 Å². The maximum absolute atomic E-state index is 12.1. The van der Waals surface area contributed by atoms with Gasteiger partial charge in [-0.25, -0.2) is 10.6 Å². The molecule has 2 amide bonds. The molecule has 5 N–H and O–H groups in total. The fourth-order valence-corrected chi connectivity index (χ4v) is 4.31. The number of hydrogen-bond donors (Lipinski definition) is 4. The number of ketones is 2. The Labute approximate surface area is 225 Å². The highest BCUT2D eigenvalue weighted by Gasteiger charge is 2.32. The Hall–Kier alpha value is -4.70. The van der Waals surface area contributed by atoms with Crippen molar-refractivity contribution in [1.82, 2.24) is 10.7 Å². The Morgan fingerprint density at radius 3 is 1.79 bits per heavy atom. The topological polar surface area (TPSA) is 157 Å². The minimum atomic E-state index is -1.24. The Morgan fingerprint density at radius 1 is 0.821 bits per heavy atom. The fraction of sp³-hybridized carbons (Fsp3) is 0.241. The van der Waals surface area contributed by atoms with E-state index in [4.69, 9.17) is 20.4 Å². The second kappa shape index (κ2) is 11.4. The van der Waals surface area contributed by atoms with Crippen molar-refractivity contribution in [3.05, 3.63) is 89.5 Å². The highest BCUT2D eigenvalue weighted by molar-refractivity contribution is 6.66. The maximum Gasteiger partial charge on any atom is 0.404 e. The van der Waals surface area contributed by atoms with Gasteiger partial charge in [-0.3, -0.25) is 19.8 Å². The van der Waals surface area contributed by atoms with E-state index in [1.807, 2.05) is 48.5 Å². The van der Waals surface area contributed by atoms with Crippen LogP contribution in [0, 0.1) is 0 Å². The van der Waals surface area contributed by atoms with Crippen molar-refractivity contribution in [2.45, 2.75) is 44.2 Å². The lowest BCUT2D eigenvalue weighted by atomic mass is 9.78. The van der Waals surface area contributed by atoms with Crippen LogP contribution in [-0.4, -0.2) is 40.8 Å². The number of hydrogen-bond acceptors (Lipinski definition) is 7. The van der Waals surface area contributed by atoms with E-state index in [0.29, 0.717) is 24.3 Å². The molecule has 0 heterocycles. The molecule has 3 aromatic rings. The number of nitrogens with two attached hydrogens (primary N) is 1. The van der Waals surface area contributed by atoms with Crippen LogP contribution >= 0.6 is 0 Å². The van der Waals surface area contributed by atoms with Gasteiger partial charge in [0, 0.05) is 29.9 Å². The highest BCUT2D eigenvalue weighted by Crippen LogP contribution is 2.35. The van der Waals surface area contributed by atoms with Crippen LogP contribution < -0.4 is 26.1 Å². The molecule has 3 aromatic carbocycles. The van der Waals surface area contributed by atoms with Crippen LogP contribution in [0.5, 0.6) is 17.2 Å². The minimum absolute atomic E-state index is 0.00472. The standard InChI is InChI=1S/C29H29N3O7/c1-29(2,19-7-13-23(14-8-19)39-24-15-20(16-24)31-28(36)37)18-5-11-22(12-6-18)38-21-9-3-17(4-10-21)25(33)26(34)27(35)32-30/h3-14,20,24,31H,15-16,30H2,1-2H3,(H,32,35)(H,36,37)/t20-,24-. The van der Waals surface area contributed by atoms with Crippen molar-refractivity contribution in [3.8, 4) is 17.2 Å². The number of Topliss-reactive ketones (excluding diaryl/α,β-unsaturated/α-hetero) is 2. The summed E-state index contributed by atoms with van der Waals surface area (Å²) in [7, 11) is 0. The summed E-state index contributed by atoms with van der Waals surface area (Å²) in [6, 6.07) is 21.4. The summed E-state index contributed by atoms with van der Waals surface area (Å²) < 4.78 is 11.8. The number of amides is 2. The maximum atomic E-state index is 12.1. The van der Waals surface area contributed by atoms with Crippen LogP contribution in [0.4, 0.5) is 4.79 Å². The van der Waals surface area contributed by atoms with E-state index >= 15 is 0 Å². The quantitative estimate of drug-likeness (QED) is 0.0770. The number of carboxylic acid groups (broad SMARTS) is 1. The molecule has 4 rings (SSSR count). The zero-order valence-electron chi connectivity index (χ0n) is 21.5. The predicted molar refractivity (Wildman–Crippen MR) is 142 cm³/mol. The average Bonchev–Trinajstić information content (AvgIpc) is 2.91. The third kappa shape index (κ3) is 6.42. The summed E-state index contributed by atoms with van der Waals surface area (Å²) >= 11 is 0. The molecule has 0 unspecified atom stereocenters. The largest absolute Gasteiger partial charge is 0.490 e. The Morgan fingerprint density at radius 2 is 1.31 bits per heavy atom. The van der Waals surface area contributed by atoms with Gasteiger partial charge in [0.25, 0.3) is 5.78 Å². The number of rotatable bonds is 10. The van der Waals surface area contributed by atoms with E-state index in [-0.39, 0.29) is 23.1 Å². The van der Waals surface area contributed by atoms with Crippen molar-refractivity contribution in [1.29, 1.82) is 0 Å². The molecule has 0 aromatic heterocycles. The van der Waals surface area contributed by atoms with E-state index in [1.54, 1.807) is 5.43 Å². The highest BCUT2D eigenvalue weighted by atomic mass is 16.5. The Balaban J connectivity index is 1.35. The van der Waals surface area contributed by atoms with Gasteiger partial charge in [-0.2, -0.15) is 0 Å². The molecule has 1 aliphatic rings. The first-order valence-corrected chi connectivity index (χ1v) is 12.3. The van der Waals surface area contributed by atoms with Crippen LogP contribution in [0.3, 0.4) is 0 Å². The predicted octanol–water partition coefficient (Wildman–Crippen LogP) is 3.72. The third-order valence-electron chi connectivity index (χ3n) is 6.77. The van der Waals surface area contributed by atoms with Crippen molar-refractivity contribution in [2.24, 2.45) is 5.84 Å². The molecule has 0 saturated heterocycles. The van der Waals surface area contributed by atoms with Gasteiger partial charge in [-0.05, 0) is 59.7 Å². The summed E-state index contributed by atoms with van der Waals surface area (Å²) in [6.45, 7) is 4.24. The zero-order chi connectivity index (χ0) is 28.2. The van der Waals surface area contributed by atoms with Crippen LogP contribution in [0.2, 0.25) is 0 Å². The van der Waals surface area contributed by atoms with E-state index in [1.165, 1.54) is 24.3 Å². The van der Waals surface area contributed by atoms with Crippen molar-refractivity contribution >= 4 is 23.6 Å². The fourth-order valence-electron chi connectivity index (χ4n) is 4.31. The molecule has 1 aliphatic carbocycles. The van der Waals surface area contributed by atoms with Gasteiger partial charge in [0.05, 0.1) is 0 Å². The normalized spacial score (nSPS) is 16.4. The second-order valence-corrected chi connectivity index (χ2v) is 9.79. The van der Waals surface area contributed by atoms with Crippen LogP contribution in [0.15, 0.2) is 72.8 Å². The van der Waals surface area contributed by atoms with E-state index in [2.05, 4.69) is 19.2 Å². The van der Waals surface area contributed by atoms with E-state index in [9.17, 15) is 19.2 Å². The van der Waals surface area contributed by atoms with Gasteiger partial charge < -0.3 is 19.9 Å². The second-order valence-electron chi connectivity index (χ2n) is 9.79. The molecule has 0 aliphatic heterocycles. The number of nitrogens with one attached hydrogen (secondary N) is 2. The van der Waals surface area contributed by atoms with Crippen LogP contribution in [0.25, 0.3) is 0 Å². The van der Waals surface area contributed by atoms with Gasteiger partial charge >= 0.3 is 12.0 Å². The smallest absolute Gasteiger partial charge is 0.404 e. The zero-order valence-corrected chi connectivity index (χ0v) is 21.5. The van der Waals surface area contributed by atoms with Gasteiger partial charge in [0.2, 0.25) is 5.78 Å². The van der Waals surface area contributed by atoms with Crippen molar-refractivity contribution in [2.75, 3.05) is 0 Å². The van der Waals surface area contributed by atoms with Gasteiger partial charge in [0.1, 0.15) is 23.4 Å². The Bertz CT molecular complexity index is 1360. The van der Waals surface area contributed by atoms with Crippen LogP contribution in [0.1, 0.15) is 48.2 Å². The minimum Gasteiger partial charge on any atom is -0.490 e. The molecule has 10 heteroatoms. The number of hydrazine groups is 1. The molecular formula is C29H29N3O7. The van der Waals surface area contributed by atoms with E-state index < -0.39 is 23.6 Å². The lowest BCUT2D eigenvalue weighted by Crippen LogP contribution is -2.48. The summed E-state index contributed by atoms with van der Waals surface area (Å²) in [5.74, 6) is 3.32. The van der Waals surface area contributed by atoms with Gasteiger partial charge in [-0.15, -0.1) is 0 Å². The lowest BCUT2D eigenvalue weighted by Gasteiger charge is -2.35. The SMILES string of the molecule is CC(C)(c1ccc(Oc2ccc(C(=O)C(=O)C(=O)NN)cc2)cc1)c1ccc(O[C@H]2C[C@H](NC(=O)O)C2)cc1. The first-order valence-electron chi connectivity index (χ1n) is 12.3. The Kier molecular flexibility index (Phi) is 7.96. The molecule has 1 saturated carbocycles. The molecule has 0 atom stereocenters. The molecule has 1 fully saturated rings. The number of ether oxygens (including phenoxy) is 2. The number of benzene rings is 3. The summed E-state index contributed by atoms with van der Waals surface area (Å²) in [6.07, 6.45) is 0.305. The summed E-state index contributed by atoms with van der Waals surface area (Å²) in [5.41, 5.74) is 3.57.